The first-order valence-corrected chi connectivity index (χ1v) is 9.14. The van der Waals surface area contributed by atoms with Crippen LogP contribution in [0, 0.1) is 0 Å². The molecule has 0 atom stereocenters. The molecule has 5 nitrogen and oxygen atoms in total. The molecule has 1 amide bonds. The molecule has 1 aliphatic heterocycles. The summed E-state index contributed by atoms with van der Waals surface area (Å²) in [6.45, 7) is 0.718. The lowest BCUT2D eigenvalue weighted by Crippen LogP contribution is -2.51. The van der Waals surface area contributed by atoms with Gasteiger partial charge in [0.05, 0.1) is 14.3 Å². The zero-order valence-electron chi connectivity index (χ0n) is 15.0. The molecule has 27 heavy (non-hydrogen) atoms. The molecule has 2 heterocycles. The lowest BCUT2D eigenvalue weighted by atomic mass is 9.81. The summed E-state index contributed by atoms with van der Waals surface area (Å²) >= 11 is 0. The summed E-state index contributed by atoms with van der Waals surface area (Å²) in [6, 6.07) is 13.6. The normalized spacial score (nSPS) is 16.7. The maximum atomic E-state index is 12.7. The van der Waals surface area contributed by atoms with Crippen LogP contribution >= 0.6 is 0 Å². The number of rotatable bonds is 4. The van der Waals surface area contributed by atoms with E-state index in [1.54, 1.807) is 4.90 Å². The van der Waals surface area contributed by atoms with Gasteiger partial charge < -0.3 is 14.4 Å². The first-order valence-electron chi connectivity index (χ1n) is 9.14. The van der Waals surface area contributed by atoms with E-state index in [-0.39, 0.29) is 37.3 Å². The molecule has 2 radical (unpaired) electrons. The predicted molar refractivity (Wildman–Crippen MR) is 104 cm³/mol. The summed E-state index contributed by atoms with van der Waals surface area (Å²) in [5, 5.41) is 12.4. The maximum Gasteiger partial charge on any atom is 0.226 e. The van der Waals surface area contributed by atoms with Crippen LogP contribution in [-0.2, 0) is 16.0 Å². The number of nitrogens with zero attached hydrogens (tertiary/aromatic N) is 1. The molecule has 0 bridgehead atoms. The third-order valence-corrected chi connectivity index (χ3v) is 5.44. The molecule has 0 spiro atoms. The third kappa shape index (κ3) is 3.25. The van der Waals surface area contributed by atoms with Gasteiger partial charge in [0.25, 0.3) is 0 Å². The summed E-state index contributed by atoms with van der Waals surface area (Å²) in [5.74, 6) is -0.365. The first-order chi connectivity index (χ1) is 13.0. The van der Waals surface area contributed by atoms with E-state index in [9.17, 15) is 14.7 Å². The average Bonchev–Trinajstić information content (AvgIpc) is 3.06. The number of para-hydroxylation sites is 1. The smallest absolute Gasteiger partial charge is 0.226 e. The van der Waals surface area contributed by atoms with Gasteiger partial charge in [0, 0.05) is 36.7 Å². The van der Waals surface area contributed by atoms with Gasteiger partial charge in [-0.1, -0.05) is 24.3 Å². The van der Waals surface area contributed by atoms with Gasteiger partial charge in [-0.2, -0.15) is 0 Å². The predicted octanol–water partition coefficient (Wildman–Crippen LogP) is 2.64. The molecule has 1 aliphatic rings. The molecule has 0 saturated carbocycles. The SMILES string of the molecule is [B]CC(=O)C1(O)CCN(C(=O)Cc2ccc3oc4ccccc4c3c2)CC1. The number of ketones is 1. The zero-order chi connectivity index (χ0) is 19.0. The highest BCUT2D eigenvalue weighted by molar-refractivity contribution is 6.21. The van der Waals surface area contributed by atoms with Gasteiger partial charge in [-0.3, -0.25) is 9.59 Å². The van der Waals surface area contributed by atoms with Crippen LogP contribution in [0.25, 0.3) is 21.9 Å². The van der Waals surface area contributed by atoms with Gasteiger partial charge in [-0.25, -0.2) is 0 Å². The maximum absolute atomic E-state index is 12.7. The summed E-state index contributed by atoms with van der Waals surface area (Å²) in [4.78, 5) is 26.1. The van der Waals surface area contributed by atoms with E-state index in [0.717, 1.165) is 27.5 Å². The standard InChI is InChI=1S/C21H20BNO4/c22-13-19(24)21(26)7-9-23(10-8-21)20(25)12-14-5-6-18-16(11-14)15-3-1-2-4-17(15)27-18/h1-6,11,26H,7-10,12-13H2. The summed E-state index contributed by atoms with van der Waals surface area (Å²) in [6.07, 6.45) is 0.572. The van der Waals surface area contributed by atoms with Gasteiger partial charge in [0.15, 0.2) is 5.78 Å². The molecule has 3 aromatic rings. The lowest BCUT2D eigenvalue weighted by Gasteiger charge is -2.37. The van der Waals surface area contributed by atoms with Gasteiger partial charge in [-0.05, 0) is 30.1 Å². The molecule has 4 rings (SSSR count). The monoisotopic (exact) mass is 361 g/mol. The Bertz CT molecular complexity index is 1020. The van der Waals surface area contributed by atoms with Crippen LogP contribution in [0.1, 0.15) is 18.4 Å². The number of furan rings is 1. The van der Waals surface area contributed by atoms with E-state index in [1.165, 1.54) is 0 Å². The fourth-order valence-corrected chi connectivity index (χ4v) is 3.76. The Hall–Kier alpha value is -2.60. The van der Waals surface area contributed by atoms with E-state index in [1.807, 2.05) is 42.5 Å². The number of carbonyl (C=O) groups is 2. The molecule has 0 unspecified atom stereocenters. The van der Waals surface area contributed by atoms with Crippen molar-refractivity contribution in [3.05, 3.63) is 48.0 Å². The van der Waals surface area contributed by atoms with Crippen molar-refractivity contribution in [1.82, 2.24) is 4.90 Å². The second-order valence-corrected chi connectivity index (χ2v) is 7.15. The second kappa shape index (κ2) is 6.85. The van der Waals surface area contributed by atoms with Gasteiger partial charge in [0.2, 0.25) is 5.91 Å². The van der Waals surface area contributed by atoms with Crippen molar-refractivity contribution in [2.45, 2.75) is 31.2 Å². The third-order valence-electron chi connectivity index (χ3n) is 5.44. The van der Waals surface area contributed by atoms with Gasteiger partial charge in [0.1, 0.15) is 16.8 Å². The highest BCUT2D eigenvalue weighted by Crippen LogP contribution is 2.30. The summed E-state index contributed by atoms with van der Waals surface area (Å²) in [5.41, 5.74) is 1.16. The first kappa shape index (κ1) is 17.8. The molecule has 1 fully saturated rings. The van der Waals surface area contributed by atoms with Crippen LogP contribution in [0.5, 0.6) is 0 Å². The molecular formula is C21H20BNO4. The van der Waals surface area contributed by atoms with Gasteiger partial charge in [-0.15, -0.1) is 0 Å². The van der Waals surface area contributed by atoms with Crippen LogP contribution in [0.4, 0.5) is 0 Å². The van der Waals surface area contributed by atoms with E-state index in [0.29, 0.717) is 13.1 Å². The Morgan fingerprint density at radius 2 is 1.78 bits per heavy atom. The van der Waals surface area contributed by atoms with Crippen LogP contribution in [-0.4, -0.2) is 48.2 Å². The van der Waals surface area contributed by atoms with E-state index >= 15 is 0 Å². The minimum Gasteiger partial charge on any atom is -0.456 e. The number of aliphatic hydroxyl groups is 1. The van der Waals surface area contributed by atoms with Crippen LogP contribution < -0.4 is 0 Å². The number of hydrogen-bond donors (Lipinski definition) is 1. The number of hydrogen-bond acceptors (Lipinski definition) is 4. The Kier molecular flexibility index (Phi) is 4.52. The van der Waals surface area contributed by atoms with Crippen LogP contribution in [0.2, 0.25) is 6.32 Å². The highest BCUT2D eigenvalue weighted by atomic mass is 16.3. The number of amides is 1. The van der Waals surface area contributed by atoms with Crippen molar-refractivity contribution in [2.24, 2.45) is 0 Å². The molecule has 6 heteroatoms. The van der Waals surface area contributed by atoms with E-state index in [2.05, 4.69) is 0 Å². The highest BCUT2D eigenvalue weighted by Gasteiger charge is 2.38. The number of likely N-dealkylation sites (tertiary alicyclic amines) is 1. The molecule has 0 aliphatic carbocycles. The largest absolute Gasteiger partial charge is 0.456 e. The average molecular weight is 361 g/mol. The van der Waals surface area contributed by atoms with Crippen molar-refractivity contribution in [3.63, 3.8) is 0 Å². The Balaban J connectivity index is 1.49. The minimum atomic E-state index is -1.39. The van der Waals surface area contributed by atoms with Crippen LogP contribution in [0.3, 0.4) is 0 Å². The molecule has 2 aromatic carbocycles. The van der Waals surface area contributed by atoms with Gasteiger partial charge >= 0.3 is 0 Å². The second-order valence-electron chi connectivity index (χ2n) is 7.15. The van der Waals surface area contributed by atoms with E-state index in [4.69, 9.17) is 12.3 Å². The summed E-state index contributed by atoms with van der Waals surface area (Å²) < 4.78 is 5.82. The number of carbonyl (C=O) groups excluding carboxylic acids is 2. The number of piperidine rings is 1. The fourth-order valence-electron chi connectivity index (χ4n) is 3.76. The fraction of sp³-hybridized carbons (Fsp3) is 0.333. The Morgan fingerprint density at radius 3 is 2.52 bits per heavy atom. The van der Waals surface area contributed by atoms with Crippen molar-refractivity contribution in [3.8, 4) is 0 Å². The van der Waals surface area contributed by atoms with Crippen molar-refractivity contribution in [1.29, 1.82) is 0 Å². The Labute approximate surface area is 158 Å². The topological polar surface area (TPSA) is 70.8 Å². The molecular weight excluding hydrogens is 341 g/mol. The number of fused-ring (bicyclic) bond motifs is 3. The van der Waals surface area contributed by atoms with E-state index < -0.39 is 5.60 Å². The Morgan fingerprint density at radius 1 is 1.07 bits per heavy atom. The van der Waals surface area contributed by atoms with Crippen LogP contribution in [0.15, 0.2) is 46.9 Å². The minimum absolute atomic E-state index is 0.00982. The van der Waals surface area contributed by atoms with Crippen molar-refractivity contribution < 1.29 is 19.1 Å². The molecule has 1 saturated heterocycles. The van der Waals surface area contributed by atoms with Crippen molar-refractivity contribution in [2.75, 3.05) is 13.1 Å². The lowest BCUT2D eigenvalue weighted by molar-refractivity contribution is -0.145. The zero-order valence-corrected chi connectivity index (χ0v) is 15.0. The molecule has 1 N–H and O–H groups in total. The quantitative estimate of drug-likeness (QED) is 0.726. The number of benzene rings is 2. The molecule has 136 valence electrons. The summed E-state index contributed by atoms with van der Waals surface area (Å²) in [7, 11) is 5.36. The molecule has 1 aromatic heterocycles. The van der Waals surface area contributed by atoms with Crippen molar-refractivity contribution >= 4 is 41.5 Å². The number of Topliss-reactive ketones (excluding diaryl/α,β-unsaturated/α-hetero) is 1.